The van der Waals surface area contributed by atoms with Crippen LogP contribution < -0.4 is 20.1 Å². The Hall–Kier alpha value is -3.85. The summed E-state index contributed by atoms with van der Waals surface area (Å²) in [6.07, 6.45) is 2.72. The number of aromatic nitrogens is 3. The van der Waals surface area contributed by atoms with Gasteiger partial charge in [0.1, 0.15) is 18.2 Å². The van der Waals surface area contributed by atoms with E-state index in [0.29, 0.717) is 69.5 Å². The number of hydrogen-bond acceptors (Lipinski definition) is 12. The quantitative estimate of drug-likeness (QED) is 0.211. The lowest BCUT2D eigenvalue weighted by atomic mass is 9.97. The van der Waals surface area contributed by atoms with Crippen LogP contribution >= 0.6 is 0 Å². The molecule has 4 heterocycles. The summed E-state index contributed by atoms with van der Waals surface area (Å²) < 4.78 is 50.5. The van der Waals surface area contributed by atoms with Crippen molar-refractivity contribution in [3.05, 3.63) is 53.7 Å². The molecule has 0 radical (unpaired) electrons. The molecule has 1 saturated heterocycles. The third-order valence-electron chi connectivity index (χ3n) is 7.54. The Morgan fingerprint density at radius 3 is 2.40 bits per heavy atom. The summed E-state index contributed by atoms with van der Waals surface area (Å²) in [5.41, 5.74) is 7.58. The Kier molecular flexibility index (Phi) is 12.1. The number of ether oxygens (including phenoxy) is 4. The molecule has 14 heteroatoms. The maximum Gasteiger partial charge on any atom is 0.281 e. The highest BCUT2D eigenvalue weighted by atomic mass is 32.2. The van der Waals surface area contributed by atoms with Crippen LogP contribution in [0.4, 0.5) is 11.6 Å². The summed E-state index contributed by atoms with van der Waals surface area (Å²) in [4.78, 5) is 28.8. The number of aryl methyl sites for hydroxylation is 1. The molecule has 1 aliphatic rings. The van der Waals surface area contributed by atoms with Gasteiger partial charge >= 0.3 is 0 Å². The predicted octanol–water partition coefficient (Wildman–Crippen LogP) is 4.01. The molecule has 0 aromatic carbocycles. The first-order valence-corrected chi connectivity index (χ1v) is 17.2. The Balaban J connectivity index is 1.46. The van der Waals surface area contributed by atoms with Crippen molar-refractivity contribution in [2.24, 2.45) is 5.92 Å². The van der Waals surface area contributed by atoms with Crippen molar-refractivity contribution < 1.29 is 32.2 Å². The molecule has 3 N–H and O–H groups in total. The maximum absolute atomic E-state index is 13.5. The van der Waals surface area contributed by atoms with Gasteiger partial charge in [-0.1, -0.05) is 13.0 Å². The molecular formula is C33H46N6O7S. The van der Waals surface area contributed by atoms with Gasteiger partial charge in [0, 0.05) is 29.4 Å². The number of carbonyl (C=O) groups excluding carboxylic acids is 1. The van der Waals surface area contributed by atoms with Gasteiger partial charge in [-0.2, -0.15) is 8.42 Å². The summed E-state index contributed by atoms with van der Waals surface area (Å²) >= 11 is 0. The van der Waals surface area contributed by atoms with Crippen molar-refractivity contribution in [3.8, 4) is 17.1 Å². The van der Waals surface area contributed by atoms with Crippen LogP contribution in [0.25, 0.3) is 11.3 Å². The highest BCUT2D eigenvalue weighted by molar-refractivity contribution is 7.90. The van der Waals surface area contributed by atoms with Crippen LogP contribution in [0.5, 0.6) is 5.88 Å². The summed E-state index contributed by atoms with van der Waals surface area (Å²) in [5.74, 6) is 0.415. The molecule has 1 amide bonds. The van der Waals surface area contributed by atoms with Gasteiger partial charge in [0.25, 0.3) is 15.9 Å². The number of nitrogen functional groups attached to an aromatic ring is 1. The second-order valence-corrected chi connectivity index (χ2v) is 14.1. The number of carbonyl (C=O) groups is 1. The van der Waals surface area contributed by atoms with Crippen LogP contribution in [0.2, 0.25) is 0 Å². The summed E-state index contributed by atoms with van der Waals surface area (Å²) in [6.45, 7) is 15.5. The fraction of sp³-hybridized carbons (Fsp3) is 0.515. The normalized spacial score (nSPS) is 16.1. The van der Waals surface area contributed by atoms with Crippen molar-refractivity contribution in [2.75, 3.05) is 56.8 Å². The number of nitrogens with two attached hydrogens (primary N) is 1. The number of hydrogen-bond donors (Lipinski definition) is 2. The Bertz CT molecular complexity index is 1630. The number of rotatable bonds is 16. The monoisotopic (exact) mass is 670 g/mol. The number of nitrogens with one attached hydrogen (secondary N) is 1. The molecule has 1 atom stereocenters. The molecule has 1 aliphatic heterocycles. The number of anilines is 2. The Morgan fingerprint density at radius 2 is 1.77 bits per heavy atom. The van der Waals surface area contributed by atoms with E-state index in [0.717, 1.165) is 17.5 Å². The molecule has 3 aromatic rings. The molecule has 256 valence electrons. The first-order chi connectivity index (χ1) is 22.3. The van der Waals surface area contributed by atoms with Crippen molar-refractivity contribution >= 4 is 27.6 Å². The van der Waals surface area contributed by atoms with Gasteiger partial charge in [-0.15, -0.1) is 0 Å². The molecule has 3 aromatic heterocycles. The summed E-state index contributed by atoms with van der Waals surface area (Å²) in [7, 11) is -4.28. The van der Waals surface area contributed by atoms with E-state index in [1.807, 2.05) is 26.8 Å². The lowest BCUT2D eigenvalue weighted by molar-refractivity contribution is -0.00483. The third-order valence-corrected chi connectivity index (χ3v) is 8.77. The second-order valence-electron chi connectivity index (χ2n) is 12.5. The minimum atomic E-state index is -4.28. The number of pyridine rings is 3. The Labute approximate surface area is 277 Å². The molecule has 0 spiro atoms. The van der Waals surface area contributed by atoms with Crippen molar-refractivity contribution in [3.63, 3.8) is 0 Å². The van der Waals surface area contributed by atoms with Crippen molar-refractivity contribution in [2.45, 2.75) is 64.6 Å². The van der Waals surface area contributed by atoms with Crippen LogP contribution in [-0.4, -0.2) is 87.1 Å². The molecule has 47 heavy (non-hydrogen) atoms. The van der Waals surface area contributed by atoms with E-state index in [-0.39, 0.29) is 28.1 Å². The fourth-order valence-corrected chi connectivity index (χ4v) is 6.42. The minimum Gasteiger partial charge on any atom is -0.475 e. The zero-order valence-electron chi connectivity index (χ0n) is 28.0. The van der Waals surface area contributed by atoms with E-state index in [1.165, 1.54) is 18.2 Å². The molecule has 0 unspecified atom stereocenters. The number of nitrogens with zero attached hydrogens (tertiary/aromatic N) is 4. The van der Waals surface area contributed by atoms with E-state index >= 15 is 0 Å². The first-order valence-electron chi connectivity index (χ1n) is 15.7. The summed E-state index contributed by atoms with van der Waals surface area (Å²) in [6, 6.07) is 9.38. The largest absolute Gasteiger partial charge is 0.475 e. The fourth-order valence-electron chi connectivity index (χ4n) is 5.48. The predicted molar refractivity (Wildman–Crippen MR) is 179 cm³/mol. The number of sulfonamides is 1. The van der Waals surface area contributed by atoms with E-state index in [1.54, 1.807) is 18.3 Å². The van der Waals surface area contributed by atoms with E-state index in [4.69, 9.17) is 29.7 Å². The van der Waals surface area contributed by atoms with Crippen LogP contribution in [0, 0.1) is 12.8 Å². The van der Waals surface area contributed by atoms with E-state index in [9.17, 15) is 13.2 Å². The van der Waals surface area contributed by atoms with Gasteiger partial charge < -0.3 is 29.6 Å². The average Bonchev–Trinajstić information content (AvgIpc) is 3.29. The first kappa shape index (κ1) is 36.0. The molecule has 0 saturated carbocycles. The van der Waals surface area contributed by atoms with Gasteiger partial charge in [-0.3, -0.25) is 4.79 Å². The molecule has 1 fully saturated rings. The van der Waals surface area contributed by atoms with Crippen LogP contribution in [-0.2, 0) is 24.2 Å². The molecule has 0 bridgehead atoms. The van der Waals surface area contributed by atoms with Crippen LogP contribution in [0.1, 0.15) is 57.0 Å². The smallest absolute Gasteiger partial charge is 0.281 e. The maximum atomic E-state index is 13.5. The zero-order valence-corrected chi connectivity index (χ0v) is 28.8. The minimum absolute atomic E-state index is 0.0260. The second kappa shape index (κ2) is 15.8. The molecule has 4 rings (SSSR count). The van der Waals surface area contributed by atoms with Gasteiger partial charge in [0.2, 0.25) is 5.88 Å². The molecule has 0 aliphatic carbocycles. The zero-order chi connectivity index (χ0) is 34.2. The molecule has 13 nitrogen and oxygen atoms in total. The lowest BCUT2D eigenvalue weighted by Gasteiger charge is -2.34. The highest BCUT2D eigenvalue weighted by Crippen LogP contribution is 2.38. The van der Waals surface area contributed by atoms with Crippen LogP contribution in [0.3, 0.4) is 0 Å². The SMILES string of the molecule is Cc1cc(-c2ccc(C(=O)NS(=O)(=O)c3cccc(N)n3)c(N3C[C@@H](C)CC3(C)C)n2)cnc1OCCOCCOCCOC(C)C. The van der Waals surface area contributed by atoms with Gasteiger partial charge in [0.05, 0.1) is 50.4 Å². The third kappa shape index (κ3) is 9.83. The standard InChI is InChI=1S/C33H46N6O7S/c1-22(2)45-16-14-43-12-13-44-15-17-46-32-24(4)18-25(20-35-32)27-11-10-26(30(36-27)39-21-23(3)19-33(39,5)6)31(40)38-47(41,42)29-9-7-8-28(34)37-29/h7-11,18,20,22-23H,12-17,19,21H2,1-6H3,(H2,34,37)(H,38,40)/t23-/m0/s1. The Morgan fingerprint density at radius 1 is 1.06 bits per heavy atom. The van der Waals surface area contributed by atoms with E-state index in [2.05, 4.69) is 40.4 Å². The lowest BCUT2D eigenvalue weighted by Crippen LogP contribution is -2.41. The van der Waals surface area contributed by atoms with Crippen molar-refractivity contribution in [1.29, 1.82) is 0 Å². The number of amides is 1. The van der Waals surface area contributed by atoms with Gasteiger partial charge in [0.15, 0.2) is 5.03 Å². The van der Waals surface area contributed by atoms with Crippen LogP contribution in [0.15, 0.2) is 47.6 Å². The van der Waals surface area contributed by atoms with Gasteiger partial charge in [-0.25, -0.2) is 19.7 Å². The highest BCUT2D eigenvalue weighted by Gasteiger charge is 2.39. The summed E-state index contributed by atoms with van der Waals surface area (Å²) in [5, 5.41) is -0.348. The average molecular weight is 671 g/mol. The van der Waals surface area contributed by atoms with Crippen molar-refractivity contribution in [1.82, 2.24) is 19.7 Å². The van der Waals surface area contributed by atoms with Gasteiger partial charge in [-0.05, 0) is 77.3 Å². The topological polar surface area (TPSA) is 168 Å². The molecular weight excluding hydrogens is 624 g/mol. The van der Waals surface area contributed by atoms with E-state index < -0.39 is 15.9 Å².